The number of rotatable bonds is 3. The zero-order valence-corrected chi connectivity index (χ0v) is 20.8. The van der Waals surface area contributed by atoms with Crippen molar-refractivity contribution in [1.29, 1.82) is 0 Å². The summed E-state index contributed by atoms with van der Waals surface area (Å²) in [5, 5.41) is 7.02. The number of hydrogen-bond acceptors (Lipinski definition) is 9. The van der Waals surface area contributed by atoms with Gasteiger partial charge in [0.15, 0.2) is 5.82 Å². The van der Waals surface area contributed by atoms with Gasteiger partial charge in [0.1, 0.15) is 24.2 Å². The van der Waals surface area contributed by atoms with Crippen LogP contribution in [0.2, 0.25) is 0 Å². The number of carbonyl (C=O) groups is 1. The topological polar surface area (TPSA) is 124 Å². The number of ether oxygens (including phenoxy) is 3. The molecule has 10 nitrogen and oxygen atoms in total. The number of anilines is 3. The monoisotopic (exact) mass is 508 g/mol. The number of hydrogen-bond donors (Lipinski definition) is 3. The van der Waals surface area contributed by atoms with Crippen LogP contribution < -0.4 is 21.1 Å². The van der Waals surface area contributed by atoms with Crippen molar-refractivity contribution < 1.29 is 23.4 Å². The Kier molecular flexibility index (Phi) is 5.76. The molecule has 0 aliphatic carbocycles. The van der Waals surface area contributed by atoms with Crippen LogP contribution in [0.4, 0.5) is 26.4 Å². The molecule has 0 radical (unpaired) electrons. The van der Waals surface area contributed by atoms with Crippen molar-refractivity contribution in [1.82, 2.24) is 14.9 Å². The van der Waals surface area contributed by atoms with E-state index in [1.54, 1.807) is 18.3 Å². The lowest BCUT2D eigenvalue weighted by molar-refractivity contribution is 0.00999. The minimum absolute atomic E-state index is 0.0228. The summed E-state index contributed by atoms with van der Waals surface area (Å²) >= 11 is 0. The SMILES string of the molecule is Cc1c(-c2cc3cc(NC(=O)O[C@@H]4CO[C@]5(CCN(C)C5)C4)ncc3c(N)c2F)cnc2c1NCCO2. The smallest absolute Gasteiger partial charge is 0.413 e. The molecule has 2 saturated heterocycles. The van der Waals surface area contributed by atoms with E-state index >= 15 is 4.39 Å². The highest BCUT2D eigenvalue weighted by molar-refractivity contribution is 5.99. The number of pyridine rings is 2. The van der Waals surface area contributed by atoms with E-state index in [9.17, 15) is 4.79 Å². The van der Waals surface area contributed by atoms with Crippen LogP contribution in [0.3, 0.4) is 0 Å². The molecule has 194 valence electrons. The van der Waals surface area contributed by atoms with Crippen molar-refractivity contribution in [2.24, 2.45) is 0 Å². The molecule has 1 aromatic carbocycles. The standard InChI is InChI=1S/C26H29FN6O4/c1-14-18(10-31-24-23(14)29-4-6-35-24)17-7-15-8-20(30-11-19(15)22(28)21(17)27)32-25(34)37-16-9-26(36-12-16)3-5-33(2)13-26/h7-8,10-11,16,29H,3-6,9,12-13,28H2,1-2H3,(H,30,32,34)/t16-,26+/m0/s1. The van der Waals surface area contributed by atoms with E-state index in [2.05, 4.69) is 32.5 Å². The van der Waals surface area contributed by atoms with E-state index in [-0.39, 0.29) is 23.2 Å². The van der Waals surface area contributed by atoms with Crippen LogP contribution in [0.1, 0.15) is 18.4 Å². The zero-order chi connectivity index (χ0) is 25.7. The number of aromatic nitrogens is 2. The van der Waals surface area contributed by atoms with Crippen molar-refractivity contribution in [2.75, 3.05) is 56.3 Å². The third-order valence-electron chi connectivity index (χ3n) is 7.42. The summed E-state index contributed by atoms with van der Waals surface area (Å²) < 4.78 is 32.6. The first-order chi connectivity index (χ1) is 17.8. The van der Waals surface area contributed by atoms with Gasteiger partial charge in [-0.3, -0.25) is 5.32 Å². The molecule has 1 spiro atoms. The zero-order valence-electron chi connectivity index (χ0n) is 20.8. The van der Waals surface area contributed by atoms with Gasteiger partial charge >= 0.3 is 6.09 Å². The number of likely N-dealkylation sites (N-methyl/N-ethyl adjacent to an activating group) is 1. The summed E-state index contributed by atoms with van der Waals surface area (Å²) in [6.07, 6.45) is 3.70. The molecule has 37 heavy (non-hydrogen) atoms. The molecular formula is C26H29FN6O4. The minimum Gasteiger partial charge on any atom is -0.474 e. The van der Waals surface area contributed by atoms with Gasteiger partial charge in [0.05, 0.1) is 17.9 Å². The Morgan fingerprint density at radius 1 is 1.32 bits per heavy atom. The third-order valence-corrected chi connectivity index (χ3v) is 7.42. The summed E-state index contributed by atoms with van der Waals surface area (Å²) in [5.74, 6) is 0.220. The number of nitrogens with zero attached hydrogens (tertiary/aromatic N) is 3. The second-order valence-corrected chi connectivity index (χ2v) is 10.0. The molecule has 3 aliphatic rings. The molecular weight excluding hydrogens is 479 g/mol. The van der Waals surface area contributed by atoms with Crippen molar-refractivity contribution >= 4 is 34.1 Å². The van der Waals surface area contributed by atoms with Gasteiger partial charge in [0.25, 0.3) is 0 Å². The average Bonchev–Trinajstić information content (AvgIpc) is 3.45. The number of halogens is 1. The van der Waals surface area contributed by atoms with Gasteiger partial charge in [0.2, 0.25) is 5.88 Å². The number of likely N-dealkylation sites (tertiary alicyclic amines) is 1. The molecule has 4 N–H and O–H groups in total. The molecule has 2 fully saturated rings. The number of benzene rings is 1. The lowest BCUT2D eigenvalue weighted by atomic mass is 9.97. The first kappa shape index (κ1) is 23.7. The predicted molar refractivity (Wildman–Crippen MR) is 137 cm³/mol. The molecule has 0 unspecified atom stereocenters. The molecule has 0 saturated carbocycles. The predicted octanol–water partition coefficient (Wildman–Crippen LogP) is 3.54. The second kappa shape index (κ2) is 9.00. The van der Waals surface area contributed by atoms with E-state index < -0.39 is 11.9 Å². The summed E-state index contributed by atoms with van der Waals surface area (Å²) in [4.78, 5) is 23.4. The molecule has 2 aromatic heterocycles. The Bertz CT molecular complexity index is 1400. The Morgan fingerprint density at radius 2 is 2.19 bits per heavy atom. The molecule has 3 aliphatic heterocycles. The quantitative estimate of drug-likeness (QED) is 0.456. The molecule has 0 bridgehead atoms. The lowest BCUT2D eigenvalue weighted by Crippen LogP contribution is -2.32. The van der Waals surface area contributed by atoms with Gasteiger partial charge in [-0.1, -0.05) is 0 Å². The molecule has 5 heterocycles. The maximum absolute atomic E-state index is 15.4. The number of nitrogen functional groups attached to an aromatic ring is 1. The highest BCUT2D eigenvalue weighted by Crippen LogP contribution is 2.40. The second-order valence-electron chi connectivity index (χ2n) is 10.0. The molecule has 6 rings (SSSR count). The molecule has 1 amide bonds. The average molecular weight is 509 g/mol. The third kappa shape index (κ3) is 4.27. The van der Waals surface area contributed by atoms with Gasteiger partial charge < -0.3 is 30.2 Å². The lowest BCUT2D eigenvalue weighted by Gasteiger charge is -2.22. The summed E-state index contributed by atoms with van der Waals surface area (Å²) in [7, 11) is 2.06. The molecule has 3 aromatic rings. The Morgan fingerprint density at radius 3 is 3.00 bits per heavy atom. The van der Waals surface area contributed by atoms with Crippen LogP contribution in [0.25, 0.3) is 21.9 Å². The largest absolute Gasteiger partial charge is 0.474 e. The van der Waals surface area contributed by atoms with Crippen molar-refractivity contribution in [2.45, 2.75) is 31.5 Å². The van der Waals surface area contributed by atoms with Crippen molar-refractivity contribution in [3.05, 3.63) is 35.9 Å². The van der Waals surface area contributed by atoms with Crippen LogP contribution in [0, 0.1) is 12.7 Å². The van der Waals surface area contributed by atoms with E-state index in [4.69, 9.17) is 19.9 Å². The number of amides is 1. The van der Waals surface area contributed by atoms with Crippen molar-refractivity contribution in [3.63, 3.8) is 0 Å². The van der Waals surface area contributed by atoms with Gasteiger partial charge in [-0.05, 0) is 43.5 Å². The van der Waals surface area contributed by atoms with Crippen LogP contribution in [0.5, 0.6) is 5.88 Å². The maximum Gasteiger partial charge on any atom is 0.413 e. The fourth-order valence-electron chi connectivity index (χ4n) is 5.55. The highest BCUT2D eigenvalue weighted by Gasteiger charge is 2.45. The van der Waals surface area contributed by atoms with E-state index in [1.165, 1.54) is 6.20 Å². The number of carbonyl (C=O) groups excluding carboxylic acids is 1. The van der Waals surface area contributed by atoms with Gasteiger partial charge in [-0.15, -0.1) is 0 Å². The van der Waals surface area contributed by atoms with E-state index in [1.807, 2.05) is 6.92 Å². The van der Waals surface area contributed by atoms with E-state index in [0.29, 0.717) is 54.0 Å². The van der Waals surface area contributed by atoms with Crippen LogP contribution in [-0.2, 0) is 9.47 Å². The van der Waals surface area contributed by atoms with E-state index in [0.717, 1.165) is 30.8 Å². The fraction of sp³-hybridized carbons (Fsp3) is 0.423. The number of fused-ring (bicyclic) bond motifs is 2. The normalized spacial score (nSPS) is 23.1. The Hall–Kier alpha value is -3.70. The van der Waals surface area contributed by atoms with Gasteiger partial charge in [-0.2, -0.15) is 0 Å². The fourth-order valence-corrected chi connectivity index (χ4v) is 5.55. The summed E-state index contributed by atoms with van der Waals surface area (Å²) in [6, 6.07) is 3.33. The number of nitrogens with one attached hydrogen (secondary N) is 2. The molecule has 11 heteroatoms. The minimum atomic E-state index is -0.611. The van der Waals surface area contributed by atoms with Gasteiger partial charge in [-0.25, -0.2) is 19.2 Å². The summed E-state index contributed by atoms with van der Waals surface area (Å²) in [5.41, 5.74) is 8.36. The van der Waals surface area contributed by atoms with Crippen LogP contribution in [0.15, 0.2) is 24.5 Å². The van der Waals surface area contributed by atoms with Gasteiger partial charge in [0, 0.05) is 55.0 Å². The Labute approximate surface area is 213 Å². The maximum atomic E-state index is 15.4. The van der Waals surface area contributed by atoms with Crippen LogP contribution >= 0.6 is 0 Å². The van der Waals surface area contributed by atoms with Crippen LogP contribution in [-0.4, -0.2) is 72.6 Å². The molecule has 2 atom stereocenters. The Balaban J connectivity index is 1.24. The van der Waals surface area contributed by atoms with Crippen molar-refractivity contribution in [3.8, 4) is 17.0 Å². The first-order valence-corrected chi connectivity index (χ1v) is 12.4. The number of nitrogens with two attached hydrogens (primary N) is 1. The first-order valence-electron chi connectivity index (χ1n) is 12.4. The summed E-state index contributed by atoms with van der Waals surface area (Å²) in [6.45, 7) is 5.23. The highest BCUT2D eigenvalue weighted by atomic mass is 19.1.